The maximum atomic E-state index is 14.2. The van der Waals surface area contributed by atoms with Gasteiger partial charge in [-0.15, -0.1) is 4.31 Å². The Hall–Kier alpha value is -3.60. The summed E-state index contributed by atoms with van der Waals surface area (Å²) in [6, 6.07) is 9.52. The van der Waals surface area contributed by atoms with Gasteiger partial charge in [-0.2, -0.15) is 0 Å². The van der Waals surface area contributed by atoms with E-state index in [4.69, 9.17) is 10.8 Å². The summed E-state index contributed by atoms with van der Waals surface area (Å²) in [5.41, 5.74) is 3.54. The van der Waals surface area contributed by atoms with Crippen LogP contribution in [0.4, 0.5) is 10.1 Å². The second-order valence-electron chi connectivity index (χ2n) is 9.44. The van der Waals surface area contributed by atoms with Gasteiger partial charge in [0.1, 0.15) is 11.5 Å². The Morgan fingerprint density at radius 3 is 2.63 bits per heavy atom. The fourth-order valence-electron chi connectivity index (χ4n) is 4.86. The molecule has 0 radical (unpaired) electrons. The molecule has 0 saturated carbocycles. The number of hydrogen-bond acceptors (Lipinski definition) is 8. The fraction of sp³-hybridized carbons (Fsp3) is 0.286. The Kier molecular flexibility index (Phi) is 8.25. The van der Waals surface area contributed by atoms with Crippen molar-refractivity contribution in [2.45, 2.75) is 26.7 Å². The number of carbonyl (C=O) groups excluding carboxylic acids is 1. The van der Waals surface area contributed by atoms with Gasteiger partial charge in [-0.05, 0) is 80.3 Å². The van der Waals surface area contributed by atoms with Gasteiger partial charge in [0.05, 0.1) is 35.2 Å². The van der Waals surface area contributed by atoms with Gasteiger partial charge in [0.15, 0.2) is 5.78 Å². The fourth-order valence-corrected chi connectivity index (χ4v) is 6.20. The molecule has 2 atom stereocenters. The largest absolute Gasteiger partial charge is 0.593 e. The highest BCUT2D eigenvalue weighted by atomic mass is 32.2. The van der Waals surface area contributed by atoms with E-state index in [0.717, 1.165) is 17.4 Å². The number of Topliss-reactive ketones (excluding diaryl/α,β-unsaturated/α-hetero) is 1. The smallest absolute Gasteiger partial charge is 0.210 e. The third-order valence-corrected chi connectivity index (χ3v) is 8.61. The molecule has 1 aliphatic carbocycles. The van der Waals surface area contributed by atoms with E-state index in [-0.39, 0.29) is 24.6 Å². The molecular weight excluding hydrogens is 503 g/mol. The van der Waals surface area contributed by atoms with E-state index in [9.17, 15) is 13.7 Å². The summed E-state index contributed by atoms with van der Waals surface area (Å²) < 4.78 is 28.7. The molecule has 2 heterocycles. The minimum Gasteiger partial charge on any atom is -0.593 e. The summed E-state index contributed by atoms with van der Waals surface area (Å²) in [7, 11) is 1.71. The Bertz CT molecular complexity index is 1350. The van der Waals surface area contributed by atoms with Crippen molar-refractivity contribution < 1.29 is 13.7 Å². The van der Waals surface area contributed by atoms with Crippen molar-refractivity contribution >= 4 is 35.3 Å². The van der Waals surface area contributed by atoms with Gasteiger partial charge in [-0.3, -0.25) is 9.78 Å². The molecule has 38 heavy (non-hydrogen) atoms. The number of aromatic nitrogens is 1. The highest BCUT2D eigenvalue weighted by Gasteiger charge is 2.51. The number of carbonyl (C=O) groups is 1. The van der Waals surface area contributed by atoms with Crippen molar-refractivity contribution in [2.24, 2.45) is 5.41 Å². The average Bonchev–Trinajstić information content (AvgIpc) is 2.93. The molecule has 198 valence electrons. The van der Waals surface area contributed by atoms with Crippen LogP contribution in [0.5, 0.6) is 0 Å². The van der Waals surface area contributed by atoms with Crippen LogP contribution < -0.4 is 10.6 Å². The van der Waals surface area contributed by atoms with Gasteiger partial charge in [-0.1, -0.05) is 5.57 Å². The van der Waals surface area contributed by atoms with Crippen LogP contribution in [-0.4, -0.2) is 52.2 Å². The Balaban J connectivity index is 1.78. The number of nitrogens with one attached hydrogen (secondary N) is 4. The SMILES string of the molecule is CN/C(C)=C(\C=N)[S+]([O-])N1CCC2=CC(Nc3ccc(F)cc3)=C(C=N)CC2(C(=O)c2cc(C)ccn2)C1. The summed E-state index contributed by atoms with van der Waals surface area (Å²) in [5, 5.41) is 22.2. The normalized spacial score (nSPS) is 21.0. The summed E-state index contributed by atoms with van der Waals surface area (Å²) >= 11 is -1.67. The minimum atomic E-state index is -1.67. The topological polar surface area (TPSA) is 128 Å². The predicted molar refractivity (Wildman–Crippen MR) is 149 cm³/mol. The van der Waals surface area contributed by atoms with Gasteiger partial charge in [0.2, 0.25) is 4.91 Å². The predicted octanol–water partition coefficient (Wildman–Crippen LogP) is 4.51. The molecule has 2 aromatic rings. The maximum absolute atomic E-state index is 14.2. The lowest BCUT2D eigenvalue weighted by Crippen LogP contribution is -2.53. The second kappa shape index (κ2) is 11.4. The van der Waals surface area contributed by atoms with E-state index < -0.39 is 16.8 Å². The molecule has 1 aromatic heterocycles. The first kappa shape index (κ1) is 27.4. The van der Waals surface area contributed by atoms with E-state index in [1.54, 1.807) is 42.7 Å². The van der Waals surface area contributed by atoms with Crippen molar-refractivity contribution in [1.82, 2.24) is 14.6 Å². The molecule has 0 bridgehead atoms. The van der Waals surface area contributed by atoms with E-state index in [0.29, 0.717) is 46.2 Å². The van der Waals surface area contributed by atoms with E-state index in [1.807, 2.05) is 19.1 Å². The van der Waals surface area contributed by atoms with Crippen molar-refractivity contribution in [3.8, 4) is 0 Å². The molecule has 1 aromatic carbocycles. The molecule has 8 nitrogen and oxygen atoms in total. The molecule has 0 spiro atoms. The van der Waals surface area contributed by atoms with Crippen molar-refractivity contribution in [2.75, 3.05) is 25.5 Å². The van der Waals surface area contributed by atoms with Crippen LogP contribution >= 0.6 is 0 Å². The molecule has 1 aliphatic heterocycles. The number of piperidine rings is 1. The number of rotatable bonds is 9. The van der Waals surface area contributed by atoms with Crippen molar-refractivity contribution in [3.63, 3.8) is 0 Å². The third-order valence-electron chi connectivity index (χ3n) is 7.03. The van der Waals surface area contributed by atoms with Gasteiger partial charge in [0.25, 0.3) is 0 Å². The molecule has 2 unspecified atom stereocenters. The summed E-state index contributed by atoms with van der Waals surface area (Å²) in [6.45, 7) is 4.22. The number of aryl methyl sites for hydroxylation is 1. The number of fused-ring (bicyclic) bond motifs is 1. The van der Waals surface area contributed by atoms with E-state index in [1.165, 1.54) is 18.3 Å². The molecule has 10 heteroatoms. The number of nitrogens with zero attached hydrogens (tertiary/aromatic N) is 2. The van der Waals surface area contributed by atoms with Crippen LogP contribution in [0.25, 0.3) is 0 Å². The van der Waals surface area contributed by atoms with Crippen LogP contribution in [0.2, 0.25) is 0 Å². The molecule has 1 saturated heterocycles. The monoisotopic (exact) mass is 534 g/mol. The van der Waals surface area contributed by atoms with Gasteiger partial charge in [-0.25, -0.2) is 4.39 Å². The van der Waals surface area contributed by atoms with E-state index >= 15 is 0 Å². The first-order valence-electron chi connectivity index (χ1n) is 12.2. The summed E-state index contributed by atoms with van der Waals surface area (Å²) in [6.07, 6.45) is 6.48. The lowest BCUT2D eigenvalue weighted by molar-refractivity contribution is 0.0770. The molecular formula is C28H31FN6O2S. The molecule has 1 fully saturated rings. The average molecular weight is 535 g/mol. The zero-order valence-corrected chi connectivity index (χ0v) is 22.4. The van der Waals surface area contributed by atoms with Crippen LogP contribution in [-0.2, 0) is 11.4 Å². The number of allylic oxidation sites excluding steroid dienone is 4. The number of pyridine rings is 1. The first-order chi connectivity index (χ1) is 18.2. The van der Waals surface area contributed by atoms with Crippen LogP contribution in [0, 0.1) is 29.0 Å². The highest BCUT2D eigenvalue weighted by molar-refractivity contribution is 7.93. The van der Waals surface area contributed by atoms with E-state index in [2.05, 4.69) is 15.6 Å². The minimum absolute atomic E-state index is 0.148. The zero-order chi connectivity index (χ0) is 27.4. The Morgan fingerprint density at radius 1 is 1.26 bits per heavy atom. The van der Waals surface area contributed by atoms with Crippen LogP contribution in [0.15, 0.2) is 76.1 Å². The summed E-state index contributed by atoms with van der Waals surface area (Å²) in [4.78, 5) is 18.9. The van der Waals surface area contributed by atoms with Gasteiger partial charge < -0.3 is 26.0 Å². The Labute approximate surface area is 225 Å². The van der Waals surface area contributed by atoms with Crippen molar-refractivity contribution in [1.29, 1.82) is 10.8 Å². The number of ketones is 1. The van der Waals surface area contributed by atoms with Crippen molar-refractivity contribution in [3.05, 3.63) is 93.2 Å². The Morgan fingerprint density at radius 2 is 2.00 bits per heavy atom. The molecule has 2 aliphatic rings. The maximum Gasteiger partial charge on any atom is 0.210 e. The highest BCUT2D eigenvalue weighted by Crippen LogP contribution is 2.47. The number of hydrogen-bond donors (Lipinski definition) is 4. The summed E-state index contributed by atoms with van der Waals surface area (Å²) in [5.74, 6) is -0.540. The number of benzene rings is 1. The number of halogens is 1. The van der Waals surface area contributed by atoms with Gasteiger partial charge >= 0.3 is 0 Å². The quantitative estimate of drug-likeness (QED) is 0.213. The molecule has 0 amide bonds. The molecule has 4 N–H and O–H groups in total. The standard InChI is InChI=1S/C28H31FN6O2S/c1-18-8-10-33-25(12-18)27(36)28-14-20(15-30)24(34-23-6-4-22(29)5-7-23)13-21(28)9-11-35(17-28)38(37)26(16-31)19(2)32-3/h4-8,10,12-13,15-16,30-32,34H,9,11,14,17H2,1-3H3/b26-19+,30-15?,31-16?. The lowest BCUT2D eigenvalue weighted by Gasteiger charge is -2.45. The third kappa shape index (κ3) is 5.33. The van der Waals surface area contributed by atoms with Gasteiger partial charge in [0, 0.05) is 37.4 Å². The first-order valence-corrected chi connectivity index (χ1v) is 13.3. The van der Waals surface area contributed by atoms with Crippen LogP contribution in [0.3, 0.4) is 0 Å². The molecule has 4 rings (SSSR count). The lowest BCUT2D eigenvalue weighted by atomic mass is 9.65. The van der Waals surface area contributed by atoms with Crippen LogP contribution in [0.1, 0.15) is 35.8 Å². The zero-order valence-electron chi connectivity index (χ0n) is 21.6. The second-order valence-corrected chi connectivity index (χ2v) is 10.9. The number of anilines is 1.